The van der Waals surface area contributed by atoms with Crippen molar-refractivity contribution in [2.45, 2.75) is 19.4 Å². The fourth-order valence-corrected chi connectivity index (χ4v) is 1.01. The van der Waals surface area contributed by atoms with Gasteiger partial charge in [-0.15, -0.1) is 6.42 Å². The molecule has 0 unspecified atom stereocenters. The Morgan fingerprint density at radius 2 is 2.33 bits per heavy atom. The molecule has 0 radical (unpaired) electrons. The maximum atomic E-state index is 10.9. The summed E-state index contributed by atoms with van der Waals surface area (Å²) in [6.07, 6.45) is 6.81. The van der Waals surface area contributed by atoms with Gasteiger partial charge in [-0.25, -0.2) is 9.78 Å². The Labute approximate surface area is 88.3 Å². The highest BCUT2D eigenvalue weighted by Crippen LogP contribution is 2.16. The number of aromatic nitrogens is 1. The Morgan fingerprint density at radius 3 is 2.87 bits per heavy atom. The summed E-state index contributed by atoms with van der Waals surface area (Å²) in [6.45, 7) is 3.54. The highest BCUT2D eigenvalue weighted by molar-refractivity contribution is 5.93. The van der Waals surface area contributed by atoms with E-state index in [1.54, 1.807) is 19.9 Å². The topological polar surface area (TPSA) is 62.2 Å². The molecule has 0 bridgehead atoms. The van der Waals surface area contributed by atoms with Crippen molar-refractivity contribution in [3.63, 3.8) is 0 Å². The Bertz CT molecular complexity index is 419. The molecule has 0 aromatic carbocycles. The van der Waals surface area contributed by atoms with E-state index in [9.17, 15) is 4.79 Å². The number of carbonyl (C=O) groups is 1. The minimum absolute atomic E-state index is 0.112. The molecule has 0 amide bonds. The highest BCUT2D eigenvalue weighted by atomic mass is 16.4. The van der Waals surface area contributed by atoms with E-state index in [-0.39, 0.29) is 11.4 Å². The molecule has 1 rings (SSSR count). The highest BCUT2D eigenvalue weighted by Gasteiger charge is 2.18. The van der Waals surface area contributed by atoms with Crippen molar-refractivity contribution >= 4 is 11.8 Å². The van der Waals surface area contributed by atoms with Crippen molar-refractivity contribution in [2.75, 3.05) is 5.32 Å². The molecule has 0 aliphatic rings. The molecule has 4 nitrogen and oxygen atoms in total. The molecule has 0 aliphatic heterocycles. The monoisotopic (exact) mass is 204 g/mol. The van der Waals surface area contributed by atoms with Crippen LogP contribution in [-0.4, -0.2) is 21.6 Å². The zero-order chi connectivity index (χ0) is 11.5. The second-order valence-corrected chi connectivity index (χ2v) is 3.60. The molecular weight excluding hydrogens is 192 g/mol. The quantitative estimate of drug-likeness (QED) is 0.734. The van der Waals surface area contributed by atoms with Gasteiger partial charge < -0.3 is 10.4 Å². The number of pyridine rings is 1. The molecule has 0 atom stereocenters. The number of carboxylic acid groups (broad SMARTS) is 1. The van der Waals surface area contributed by atoms with Crippen LogP contribution in [0.5, 0.6) is 0 Å². The Kier molecular flexibility index (Phi) is 2.96. The van der Waals surface area contributed by atoms with Crippen molar-refractivity contribution in [3.8, 4) is 12.3 Å². The summed E-state index contributed by atoms with van der Waals surface area (Å²) in [5.74, 6) is 1.77. The lowest BCUT2D eigenvalue weighted by Gasteiger charge is -2.21. The molecule has 2 N–H and O–H groups in total. The minimum atomic E-state index is -1.03. The number of aromatic carboxylic acids is 1. The standard InChI is InChI=1S/C11H12N2O2/c1-4-11(2,3)13-9-8(10(14)15)6-5-7-12-9/h1,5-7H,2-3H3,(H,12,13)(H,14,15). The first-order valence-corrected chi connectivity index (χ1v) is 4.40. The van der Waals surface area contributed by atoms with Crippen LogP contribution in [0.4, 0.5) is 5.82 Å². The number of hydrogen-bond donors (Lipinski definition) is 2. The van der Waals surface area contributed by atoms with Gasteiger partial charge in [0.05, 0.1) is 5.54 Å². The van der Waals surface area contributed by atoms with Crippen LogP contribution in [0.3, 0.4) is 0 Å². The Morgan fingerprint density at radius 1 is 1.67 bits per heavy atom. The second kappa shape index (κ2) is 4.01. The molecule has 78 valence electrons. The number of anilines is 1. The van der Waals surface area contributed by atoms with E-state index in [0.717, 1.165) is 0 Å². The van der Waals surface area contributed by atoms with Crippen molar-refractivity contribution in [3.05, 3.63) is 23.9 Å². The van der Waals surface area contributed by atoms with E-state index in [1.165, 1.54) is 12.3 Å². The number of hydrogen-bond acceptors (Lipinski definition) is 3. The van der Waals surface area contributed by atoms with E-state index in [4.69, 9.17) is 11.5 Å². The lowest BCUT2D eigenvalue weighted by atomic mass is 10.1. The number of carboxylic acids is 1. The second-order valence-electron chi connectivity index (χ2n) is 3.60. The summed E-state index contributed by atoms with van der Waals surface area (Å²) in [4.78, 5) is 14.8. The van der Waals surface area contributed by atoms with Gasteiger partial charge in [0.1, 0.15) is 11.4 Å². The fraction of sp³-hybridized carbons (Fsp3) is 0.273. The van der Waals surface area contributed by atoms with Gasteiger partial charge in [-0.05, 0) is 26.0 Å². The molecule has 0 aliphatic carbocycles. The van der Waals surface area contributed by atoms with E-state index >= 15 is 0 Å². The number of nitrogens with one attached hydrogen (secondary N) is 1. The molecule has 0 saturated carbocycles. The van der Waals surface area contributed by atoms with Crippen molar-refractivity contribution < 1.29 is 9.90 Å². The maximum Gasteiger partial charge on any atom is 0.339 e. The first-order valence-electron chi connectivity index (χ1n) is 4.40. The molecule has 0 fully saturated rings. The molecule has 1 heterocycles. The maximum absolute atomic E-state index is 10.9. The van der Waals surface area contributed by atoms with E-state index in [2.05, 4.69) is 16.2 Å². The van der Waals surface area contributed by atoms with Gasteiger partial charge in [0.25, 0.3) is 0 Å². The number of terminal acetylenes is 1. The third kappa shape index (κ3) is 2.71. The van der Waals surface area contributed by atoms with Crippen LogP contribution in [0.15, 0.2) is 18.3 Å². The van der Waals surface area contributed by atoms with Gasteiger partial charge in [0.15, 0.2) is 0 Å². The summed E-state index contributed by atoms with van der Waals surface area (Å²) in [6, 6.07) is 3.04. The molecule has 15 heavy (non-hydrogen) atoms. The average molecular weight is 204 g/mol. The summed E-state index contributed by atoms with van der Waals surface area (Å²) in [5.41, 5.74) is -0.515. The third-order valence-electron chi connectivity index (χ3n) is 1.83. The van der Waals surface area contributed by atoms with Crippen molar-refractivity contribution in [1.82, 2.24) is 4.98 Å². The van der Waals surface area contributed by atoms with Gasteiger partial charge in [-0.1, -0.05) is 5.92 Å². The van der Waals surface area contributed by atoms with Crippen LogP contribution in [0.2, 0.25) is 0 Å². The third-order valence-corrected chi connectivity index (χ3v) is 1.83. The van der Waals surface area contributed by atoms with Crippen LogP contribution in [0, 0.1) is 12.3 Å². The van der Waals surface area contributed by atoms with Crippen molar-refractivity contribution in [1.29, 1.82) is 0 Å². The van der Waals surface area contributed by atoms with E-state index < -0.39 is 11.5 Å². The normalized spacial score (nSPS) is 10.5. The van der Waals surface area contributed by atoms with Crippen LogP contribution in [-0.2, 0) is 0 Å². The molecule has 4 heteroatoms. The van der Waals surface area contributed by atoms with E-state index in [0.29, 0.717) is 0 Å². The predicted octanol–water partition coefficient (Wildman–Crippen LogP) is 1.60. The summed E-state index contributed by atoms with van der Waals surface area (Å²) in [5, 5.41) is 11.8. The van der Waals surface area contributed by atoms with Crippen LogP contribution in [0.25, 0.3) is 0 Å². The first-order chi connectivity index (χ1) is 6.96. The molecular formula is C11H12N2O2. The molecule has 0 saturated heterocycles. The van der Waals surface area contributed by atoms with E-state index in [1.807, 2.05) is 0 Å². The molecule has 0 spiro atoms. The lowest BCUT2D eigenvalue weighted by Crippen LogP contribution is -2.30. The number of nitrogens with zero attached hydrogens (tertiary/aromatic N) is 1. The summed E-state index contributed by atoms with van der Waals surface area (Å²) >= 11 is 0. The van der Waals surface area contributed by atoms with Crippen LogP contribution in [0.1, 0.15) is 24.2 Å². The smallest absolute Gasteiger partial charge is 0.339 e. The minimum Gasteiger partial charge on any atom is -0.478 e. The average Bonchev–Trinajstić information content (AvgIpc) is 2.18. The van der Waals surface area contributed by atoms with Crippen LogP contribution < -0.4 is 5.32 Å². The number of rotatable bonds is 3. The van der Waals surface area contributed by atoms with Gasteiger partial charge in [0, 0.05) is 6.20 Å². The summed E-state index contributed by atoms with van der Waals surface area (Å²) in [7, 11) is 0. The first kappa shape index (κ1) is 11.1. The van der Waals surface area contributed by atoms with Gasteiger partial charge in [0.2, 0.25) is 0 Å². The summed E-state index contributed by atoms with van der Waals surface area (Å²) < 4.78 is 0. The van der Waals surface area contributed by atoms with Gasteiger partial charge in [-0.3, -0.25) is 0 Å². The SMILES string of the molecule is C#CC(C)(C)Nc1ncccc1C(=O)O. The molecule has 1 aromatic heterocycles. The van der Waals surface area contributed by atoms with Gasteiger partial charge in [-0.2, -0.15) is 0 Å². The van der Waals surface area contributed by atoms with Crippen LogP contribution >= 0.6 is 0 Å². The Hall–Kier alpha value is -2.02. The molecule has 1 aromatic rings. The lowest BCUT2D eigenvalue weighted by molar-refractivity contribution is 0.0697. The zero-order valence-corrected chi connectivity index (χ0v) is 8.61. The van der Waals surface area contributed by atoms with Gasteiger partial charge >= 0.3 is 5.97 Å². The Balaban J connectivity index is 3.06. The van der Waals surface area contributed by atoms with Crippen molar-refractivity contribution in [2.24, 2.45) is 0 Å². The zero-order valence-electron chi connectivity index (χ0n) is 8.61. The fourth-order valence-electron chi connectivity index (χ4n) is 1.01. The largest absolute Gasteiger partial charge is 0.478 e. The predicted molar refractivity (Wildman–Crippen MR) is 57.7 cm³/mol.